The number of hydrogen-bond donors (Lipinski definition) is 1. The Labute approximate surface area is 143 Å². The van der Waals surface area contributed by atoms with Crippen molar-refractivity contribution in [2.24, 2.45) is 5.73 Å². The molecular weight excluding hydrogens is 332 g/mol. The van der Waals surface area contributed by atoms with Crippen LogP contribution >= 0.6 is 23.5 Å². The SMILES string of the molecule is C=CCn1c(CSc2nc(C)cc(C)n2)nnc1SCC(N)=O. The smallest absolute Gasteiger partial charge is 0.227 e. The number of primary amides is 1. The van der Waals surface area contributed by atoms with Crippen LogP contribution in [0.2, 0.25) is 0 Å². The van der Waals surface area contributed by atoms with Gasteiger partial charge in [0.15, 0.2) is 10.3 Å². The average Bonchev–Trinajstić information content (AvgIpc) is 2.85. The fourth-order valence-electron chi connectivity index (χ4n) is 1.87. The third-order valence-corrected chi connectivity index (χ3v) is 4.57. The van der Waals surface area contributed by atoms with E-state index in [2.05, 4.69) is 26.7 Å². The molecule has 0 unspecified atom stereocenters. The Hall–Kier alpha value is -1.87. The molecule has 0 atom stereocenters. The lowest BCUT2D eigenvalue weighted by Crippen LogP contribution is -2.14. The van der Waals surface area contributed by atoms with Crippen LogP contribution in [0.25, 0.3) is 0 Å². The normalized spacial score (nSPS) is 10.7. The molecule has 0 fully saturated rings. The number of nitrogens with zero attached hydrogens (tertiary/aromatic N) is 5. The number of carbonyl (C=O) groups excluding carboxylic acids is 1. The minimum Gasteiger partial charge on any atom is -0.369 e. The molecule has 0 aromatic carbocycles. The lowest BCUT2D eigenvalue weighted by molar-refractivity contribution is -0.115. The number of nitrogens with two attached hydrogens (primary N) is 1. The van der Waals surface area contributed by atoms with Gasteiger partial charge in [-0.3, -0.25) is 4.79 Å². The summed E-state index contributed by atoms with van der Waals surface area (Å²) in [5.41, 5.74) is 7.05. The molecular formula is C14H18N6OS2. The van der Waals surface area contributed by atoms with Crippen LogP contribution < -0.4 is 5.73 Å². The van der Waals surface area contributed by atoms with Crippen molar-refractivity contribution >= 4 is 29.4 Å². The first-order chi connectivity index (χ1) is 11.0. The summed E-state index contributed by atoms with van der Waals surface area (Å²) in [4.78, 5) is 19.7. The molecule has 0 aliphatic heterocycles. The molecule has 2 aromatic heterocycles. The number of rotatable bonds is 8. The molecule has 7 nitrogen and oxygen atoms in total. The van der Waals surface area contributed by atoms with Crippen LogP contribution in [0, 0.1) is 13.8 Å². The van der Waals surface area contributed by atoms with E-state index in [9.17, 15) is 4.79 Å². The van der Waals surface area contributed by atoms with Crippen molar-refractivity contribution in [3.8, 4) is 0 Å². The minimum atomic E-state index is -0.386. The van der Waals surface area contributed by atoms with E-state index in [1.54, 1.807) is 6.08 Å². The van der Waals surface area contributed by atoms with E-state index in [-0.39, 0.29) is 11.7 Å². The standard InChI is InChI=1S/C14H18N6OS2/c1-4-5-20-12(18-19-14(20)23-7-11(15)21)8-22-13-16-9(2)6-10(3)17-13/h4,6H,1,5,7-8H2,2-3H3,(H2,15,21). The molecule has 2 aromatic rings. The Morgan fingerprint density at radius 2 is 2.00 bits per heavy atom. The van der Waals surface area contributed by atoms with Crippen molar-refractivity contribution in [3.63, 3.8) is 0 Å². The van der Waals surface area contributed by atoms with Crippen LogP contribution in [0.5, 0.6) is 0 Å². The Balaban J connectivity index is 2.12. The Bertz CT molecular complexity index is 695. The molecule has 0 bridgehead atoms. The Morgan fingerprint density at radius 1 is 1.30 bits per heavy atom. The maximum Gasteiger partial charge on any atom is 0.227 e. The Morgan fingerprint density at radius 3 is 2.61 bits per heavy atom. The van der Waals surface area contributed by atoms with Crippen molar-refractivity contribution in [2.75, 3.05) is 5.75 Å². The van der Waals surface area contributed by atoms with Gasteiger partial charge in [0.25, 0.3) is 0 Å². The van der Waals surface area contributed by atoms with Crippen LogP contribution in [-0.4, -0.2) is 36.4 Å². The van der Waals surface area contributed by atoms with Gasteiger partial charge < -0.3 is 10.3 Å². The zero-order chi connectivity index (χ0) is 16.8. The van der Waals surface area contributed by atoms with Gasteiger partial charge in [-0.1, -0.05) is 29.6 Å². The molecule has 2 N–H and O–H groups in total. The van der Waals surface area contributed by atoms with Crippen molar-refractivity contribution in [2.45, 2.75) is 36.5 Å². The number of amides is 1. The van der Waals surface area contributed by atoms with Gasteiger partial charge in [0, 0.05) is 17.9 Å². The van der Waals surface area contributed by atoms with Crippen LogP contribution in [0.1, 0.15) is 17.2 Å². The van der Waals surface area contributed by atoms with Crippen LogP contribution in [0.15, 0.2) is 29.0 Å². The summed E-state index contributed by atoms with van der Waals surface area (Å²) >= 11 is 2.77. The summed E-state index contributed by atoms with van der Waals surface area (Å²) in [5.74, 6) is 1.15. The number of aryl methyl sites for hydroxylation is 2. The van der Waals surface area contributed by atoms with Crippen molar-refractivity contribution in [1.82, 2.24) is 24.7 Å². The molecule has 2 heterocycles. The second kappa shape index (κ2) is 8.11. The van der Waals surface area contributed by atoms with Gasteiger partial charge in [0.1, 0.15) is 5.82 Å². The summed E-state index contributed by atoms with van der Waals surface area (Å²) < 4.78 is 1.91. The van der Waals surface area contributed by atoms with E-state index < -0.39 is 0 Å². The van der Waals surface area contributed by atoms with Crippen LogP contribution in [-0.2, 0) is 17.1 Å². The molecule has 1 amide bonds. The van der Waals surface area contributed by atoms with E-state index >= 15 is 0 Å². The quantitative estimate of drug-likeness (QED) is 0.440. The number of hydrogen-bond acceptors (Lipinski definition) is 7. The molecule has 23 heavy (non-hydrogen) atoms. The summed E-state index contributed by atoms with van der Waals surface area (Å²) in [5, 5.41) is 9.67. The number of thioether (sulfide) groups is 2. The molecule has 2 rings (SSSR count). The molecule has 0 radical (unpaired) electrons. The van der Waals surface area contributed by atoms with Crippen molar-refractivity contribution in [3.05, 3.63) is 35.9 Å². The second-order valence-electron chi connectivity index (χ2n) is 4.78. The van der Waals surface area contributed by atoms with E-state index in [0.717, 1.165) is 17.2 Å². The van der Waals surface area contributed by atoms with E-state index in [1.165, 1.54) is 23.5 Å². The molecule has 122 valence electrons. The van der Waals surface area contributed by atoms with Gasteiger partial charge in [-0.05, 0) is 19.9 Å². The van der Waals surface area contributed by atoms with Crippen molar-refractivity contribution < 1.29 is 4.79 Å². The maximum atomic E-state index is 10.9. The van der Waals surface area contributed by atoms with Crippen LogP contribution in [0.3, 0.4) is 0 Å². The van der Waals surface area contributed by atoms with E-state index in [4.69, 9.17) is 5.73 Å². The first kappa shape index (κ1) is 17.5. The largest absolute Gasteiger partial charge is 0.369 e. The second-order valence-corrected chi connectivity index (χ2v) is 6.66. The number of carbonyl (C=O) groups is 1. The summed E-state index contributed by atoms with van der Waals surface area (Å²) in [6.45, 7) is 8.20. The van der Waals surface area contributed by atoms with Gasteiger partial charge in [0.05, 0.1) is 11.5 Å². The highest BCUT2D eigenvalue weighted by Gasteiger charge is 2.13. The molecule has 0 saturated heterocycles. The van der Waals surface area contributed by atoms with Crippen molar-refractivity contribution in [1.29, 1.82) is 0 Å². The summed E-state index contributed by atoms with van der Waals surface area (Å²) in [6.07, 6.45) is 1.76. The molecule has 0 spiro atoms. The highest BCUT2D eigenvalue weighted by atomic mass is 32.2. The highest BCUT2D eigenvalue weighted by molar-refractivity contribution is 7.99. The van der Waals surface area contributed by atoms with Gasteiger partial charge in [-0.15, -0.1) is 16.8 Å². The fourth-order valence-corrected chi connectivity index (χ4v) is 3.46. The van der Waals surface area contributed by atoms with E-state index in [0.29, 0.717) is 22.6 Å². The average molecular weight is 350 g/mol. The third kappa shape index (κ3) is 5.07. The first-order valence-corrected chi connectivity index (χ1v) is 8.86. The summed E-state index contributed by atoms with van der Waals surface area (Å²) in [6, 6.07) is 1.93. The number of aromatic nitrogens is 5. The highest BCUT2D eigenvalue weighted by Crippen LogP contribution is 2.23. The van der Waals surface area contributed by atoms with Crippen LogP contribution in [0.4, 0.5) is 0 Å². The topological polar surface area (TPSA) is 99.6 Å². The summed E-state index contributed by atoms with van der Waals surface area (Å²) in [7, 11) is 0. The first-order valence-electron chi connectivity index (χ1n) is 6.88. The predicted octanol–water partition coefficient (Wildman–Crippen LogP) is 1.74. The molecule has 0 saturated carbocycles. The molecule has 0 aliphatic rings. The monoisotopic (exact) mass is 350 g/mol. The molecule has 9 heteroatoms. The number of allylic oxidation sites excluding steroid dienone is 1. The third-order valence-electron chi connectivity index (χ3n) is 2.74. The maximum absolute atomic E-state index is 10.9. The Kier molecular flexibility index (Phi) is 6.17. The van der Waals surface area contributed by atoms with Gasteiger partial charge in [0.2, 0.25) is 5.91 Å². The fraction of sp³-hybridized carbons (Fsp3) is 0.357. The van der Waals surface area contributed by atoms with Gasteiger partial charge >= 0.3 is 0 Å². The zero-order valence-electron chi connectivity index (χ0n) is 13.0. The molecule has 0 aliphatic carbocycles. The van der Waals surface area contributed by atoms with Gasteiger partial charge in [-0.2, -0.15) is 0 Å². The van der Waals surface area contributed by atoms with Gasteiger partial charge in [-0.25, -0.2) is 9.97 Å². The lowest BCUT2D eigenvalue weighted by Gasteiger charge is -2.07. The predicted molar refractivity (Wildman–Crippen MR) is 91.2 cm³/mol. The minimum absolute atomic E-state index is 0.169. The lowest BCUT2D eigenvalue weighted by atomic mass is 10.4. The zero-order valence-corrected chi connectivity index (χ0v) is 14.7. The van der Waals surface area contributed by atoms with E-state index in [1.807, 2.05) is 24.5 Å².